The average Bonchev–Trinajstić information content (AvgIpc) is 2.99. The maximum absolute atomic E-state index is 6.11. The molecule has 2 atom stereocenters. The third-order valence-corrected chi connectivity index (χ3v) is 5.62. The molecule has 2 unspecified atom stereocenters. The van der Waals surface area contributed by atoms with Crippen LogP contribution in [-0.4, -0.2) is 0 Å². The van der Waals surface area contributed by atoms with Crippen molar-refractivity contribution in [2.24, 2.45) is 0 Å². The van der Waals surface area contributed by atoms with Crippen LogP contribution < -0.4 is 5.32 Å². The molecule has 3 heteroatoms. The van der Waals surface area contributed by atoms with E-state index in [2.05, 4.69) is 49.5 Å². The summed E-state index contributed by atoms with van der Waals surface area (Å²) in [6.07, 6.45) is 3.51. The highest BCUT2D eigenvalue weighted by Gasteiger charge is 2.24. The Morgan fingerprint density at radius 1 is 1.35 bits per heavy atom. The van der Waals surface area contributed by atoms with Crippen molar-refractivity contribution in [2.75, 3.05) is 5.32 Å². The molecule has 1 N–H and O–H groups in total. The maximum atomic E-state index is 6.11. The summed E-state index contributed by atoms with van der Waals surface area (Å²) in [7, 11) is 0. The predicted molar refractivity (Wildman–Crippen MR) is 89.2 cm³/mol. The Hall–Kier alpha value is -0.990. The van der Waals surface area contributed by atoms with Gasteiger partial charge in [-0.25, -0.2) is 0 Å². The summed E-state index contributed by atoms with van der Waals surface area (Å²) >= 11 is 7.83. The standard InChI is InChI=1S/C17H20ClNS/c1-3-11(2)12-4-6-13(7-5-12)19-15-8-9-16-14(15)10-17(18)20-16/h4-7,10-11,15,19H,3,8-9H2,1-2H3. The third kappa shape index (κ3) is 2.72. The van der Waals surface area contributed by atoms with Crippen LogP contribution in [0.4, 0.5) is 5.69 Å². The SMILES string of the molecule is CCC(C)c1ccc(NC2CCc3sc(Cl)cc32)cc1. The molecule has 1 aromatic carbocycles. The Labute approximate surface area is 130 Å². The van der Waals surface area contributed by atoms with Gasteiger partial charge in [-0.3, -0.25) is 0 Å². The molecule has 0 radical (unpaired) electrons. The van der Waals surface area contributed by atoms with Gasteiger partial charge in [-0.15, -0.1) is 11.3 Å². The summed E-state index contributed by atoms with van der Waals surface area (Å²) in [6.45, 7) is 4.51. The van der Waals surface area contributed by atoms with Gasteiger partial charge in [0.1, 0.15) is 0 Å². The molecule has 1 aliphatic carbocycles. The molecule has 0 spiro atoms. The Balaban J connectivity index is 1.72. The molecule has 0 aliphatic heterocycles. The quantitative estimate of drug-likeness (QED) is 0.729. The van der Waals surface area contributed by atoms with E-state index in [1.54, 1.807) is 11.3 Å². The number of nitrogens with one attached hydrogen (secondary N) is 1. The minimum atomic E-state index is 0.420. The van der Waals surface area contributed by atoms with E-state index < -0.39 is 0 Å². The van der Waals surface area contributed by atoms with Gasteiger partial charge in [-0.2, -0.15) is 0 Å². The number of aryl methyl sites for hydroxylation is 1. The fourth-order valence-electron chi connectivity index (χ4n) is 2.82. The van der Waals surface area contributed by atoms with Crippen molar-refractivity contribution in [2.45, 2.75) is 45.1 Å². The Bertz CT molecular complexity index is 588. The second kappa shape index (κ2) is 5.79. The zero-order valence-corrected chi connectivity index (χ0v) is 13.5. The van der Waals surface area contributed by atoms with Crippen LogP contribution >= 0.6 is 22.9 Å². The van der Waals surface area contributed by atoms with Gasteiger partial charge >= 0.3 is 0 Å². The van der Waals surface area contributed by atoms with Crippen molar-refractivity contribution in [3.8, 4) is 0 Å². The molecule has 1 nitrogen and oxygen atoms in total. The summed E-state index contributed by atoms with van der Waals surface area (Å²) in [5.74, 6) is 0.637. The van der Waals surface area contributed by atoms with Gasteiger partial charge in [0.2, 0.25) is 0 Å². The van der Waals surface area contributed by atoms with Crippen LogP contribution in [0, 0.1) is 0 Å². The van der Waals surface area contributed by atoms with E-state index in [4.69, 9.17) is 11.6 Å². The molecule has 0 saturated heterocycles. The van der Waals surface area contributed by atoms with Crippen molar-refractivity contribution in [1.29, 1.82) is 0 Å². The summed E-state index contributed by atoms with van der Waals surface area (Å²) in [5, 5.41) is 3.64. The van der Waals surface area contributed by atoms with Crippen molar-refractivity contribution in [1.82, 2.24) is 0 Å². The first-order valence-electron chi connectivity index (χ1n) is 7.32. The number of thiophene rings is 1. The number of rotatable bonds is 4. The topological polar surface area (TPSA) is 12.0 Å². The van der Waals surface area contributed by atoms with E-state index in [0.29, 0.717) is 12.0 Å². The molecule has 3 rings (SSSR count). The Morgan fingerprint density at radius 3 is 2.80 bits per heavy atom. The predicted octanol–water partition coefficient (Wildman–Crippen LogP) is 6.01. The Kier molecular flexibility index (Phi) is 4.04. The number of hydrogen-bond donors (Lipinski definition) is 1. The monoisotopic (exact) mass is 305 g/mol. The van der Waals surface area contributed by atoms with Crippen LogP contribution in [0.25, 0.3) is 0 Å². The highest BCUT2D eigenvalue weighted by molar-refractivity contribution is 7.16. The summed E-state index contributed by atoms with van der Waals surface area (Å²) in [6, 6.07) is 11.4. The smallest absolute Gasteiger partial charge is 0.0934 e. The van der Waals surface area contributed by atoms with Gasteiger partial charge in [0, 0.05) is 10.6 Å². The number of fused-ring (bicyclic) bond motifs is 1. The van der Waals surface area contributed by atoms with Gasteiger partial charge in [-0.1, -0.05) is 37.6 Å². The number of anilines is 1. The first-order valence-corrected chi connectivity index (χ1v) is 8.51. The molecular weight excluding hydrogens is 286 g/mol. The lowest BCUT2D eigenvalue weighted by Gasteiger charge is -2.16. The first-order chi connectivity index (χ1) is 9.67. The van der Waals surface area contributed by atoms with E-state index in [-0.39, 0.29) is 0 Å². The van der Waals surface area contributed by atoms with Gasteiger partial charge in [0.25, 0.3) is 0 Å². The summed E-state index contributed by atoms with van der Waals surface area (Å²) < 4.78 is 0.911. The van der Waals surface area contributed by atoms with E-state index in [0.717, 1.165) is 10.8 Å². The molecule has 0 fully saturated rings. The summed E-state index contributed by atoms with van der Waals surface area (Å²) in [5.41, 5.74) is 4.02. The zero-order chi connectivity index (χ0) is 14.1. The van der Waals surface area contributed by atoms with E-state index in [1.165, 1.54) is 34.5 Å². The molecule has 106 valence electrons. The molecule has 0 saturated carbocycles. The fraction of sp³-hybridized carbons (Fsp3) is 0.412. The highest BCUT2D eigenvalue weighted by atomic mass is 35.5. The number of benzene rings is 1. The van der Waals surface area contributed by atoms with Gasteiger partial charge in [0.15, 0.2) is 0 Å². The van der Waals surface area contributed by atoms with Crippen LogP contribution in [-0.2, 0) is 6.42 Å². The Morgan fingerprint density at radius 2 is 2.10 bits per heavy atom. The molecule has 1 aromatic heterocycles. The van der Waals surface area contributed by atoms with Gasteiger partial charge in [0.05, 0.1) is 10.4 Å². The lowest BCUT2D eigenvalue weighted by molar-refractivity contribution is 0.732. The third-order valence-electron chi connectivity index (χ3n) is 4.28. The first kappa shape index (κ1) is 14.0. The van der Waals surface area contributed by atoms with E-state index in [1.807, 2.05) is 0 Å². The van der Waals surface area contributed by atoms with E-state index >= 15 is 0 Å². The molecule has 20 heavy (non-hydrogen) atoms. The highest BCUT2D eigenvalue weighted by Crippen LogP contribution is 2.40. The van der Waals surface area contributed by atoms with Gasteiger partial charge < -0.3 is 5.32 Å². The lowest BCUT2D eigenvalue weighted by atomic mass is 9.98. The average molecular weight is 306 g/mol. The molecule has 1 heterocycles. The minimum absolute atomic E-state index is 0.420. The fourth-order valence-corrected chi connectivity index (χ4v) is 4.18. The lowest BCUT2D eigenvalue weighted by Crippen LogP contribution is -2.06. The zero-order valence-electron chi connectivity index (χ0n) is 11.9. The molecule has 2 aromatic rings. The molecule has 0 bridgehead atoms. The van der Waals surface area contributed by atoms with Crippen molar-refractivity contribution >= 4 is 28.6 Å². The van der Waals surface area contributed by atoms with Crippen LogP contribution in [0.5, 0.6) is 0 Å². The van der Waals surface area contributed by atoms with Crippen molar-refractivity contribution in [3.05, 3.63) is 50.7 Å². The number of halogens is 1. The van der Waals surface area contributed by atoms with Crippen molar-refractivity contribution in [3.63, 3.8) is 0 Å². The van der Waals surface area contributed by atoms with E-state index in [9.17, 15) is 0 Å². The van der Waals surface area contributed by atoms with Crippen LogP contribution in [0.3, 0.4) is 0 Å². The van der Waals surface area contributed by atoms with Gasteiger partial charge in [-0.05, 0) is 54.5 Å². The summed E-state index contributed by atoms with van der Waals surface area (Å²) in [4.78, 5) is 1.45. The minimum Gasteiger partial charge on any atom is -0.378 e. The van der Waals surface area contributed by atoms with Crippen LogP contribution in [0.2, 0.25) is 4.34 Å². The number of hydrogen-bond acceptors (Lipinski definition) is 2. The molecule has 1 aliphatic rings. The molecule has 0 amide bonds. The second-order valence-electron chi connectivity index (χ2n) is 5.60. The largest absolute Gasteiger partial charge is 0.378 e. The molecular formula is C17H20ClNS. The van der Waals surface area contributed by atoms with Crippen LogP contribution in [0.1, 0.15) is 54.7 Å². The van der Waals surface area contributed by atoms with Crippen molar-refractivity contribution < 1.29 is 0 Å². The normalized spacial score (nSPS) is 18.9. The second-order valence-corrected chi connectivity index (χ2v) is 7.36. The maximum Gasteiger partial charge on any atom is 0.0934 e. The van der Waals surface area contributed by atoms with Crippen LogP contribution in [0.15, 0.2) is 30.3 Å².